The minimum atomic E-state index is -0.524. The fourth-order valence-electron chi connectivity index (χ4n) is 6.15. The third kappa shape index (κ3) is 2.66. The Bertz CT molecular complexity index is 521. The first-order chi connectivity index (χ1) is 10.9. The zero-order valence-corrected chi connectivity index (χ0v) is 13.6. The Hall–Kier alpha value is -1.14. The Morgan fingerprint density at radius 2 is 1.91 bits per heavy atom. The van der Waals surface area contributed by atoms with Crippen molar-refractivity contribution in [3.63, 3.8) is 0 Å². The minimum Gasteiger partial charge on any atom is -0.390 e. The lowest BCUT2D eigenvalue weighted by atomic mass is 9.51. The second-order valence-electron chi connectivity index (χ2n) is 8.47. The quantitative estimate of drug-likeness (QED) is 0.686. The van der Waals surface area contributed by atoms with E-state index < -0.39 is 17.6 Å². The topological polar surface area (TPSA) is 95.7 Å². The number of amides is 2. The molecule has 1 heterocycles. The number of hydrogen-bond donors (Lipinski definition) is 3. The highest BCUT2D eigenvalue weighted by Gasteiger charge is 2.57. The largest absolute Gasteiger partial charge is 0.390 e. The van der Waals surface area contributed by atoms with Gasteiger partial charge in [0.1, 0.15) is 6.04 Å². The predicted molar refractivity (Wildman–Crippen MR) is 84.3 cm³/mol. The van der Waals surface area contributed by atoms with Crippen LogP contribution in [0.15, 0.2) is 0 Å². The molecular weight excluding hydrogens is 294 g/mol. The van der Waals surface area contributed by atoms with Gasteiger partial charge in [-0.2, -0.15) is 0 Å². The van der Waals surface area contributed by atoms with Gasteiger partial charge < -0.3 is 21.1 Å². The SMILES string of the molecule is NC(=O)[C@@H]1CCCN1C(=O)CNC12CC3CC(CC(O)(C3)C1)C2. The summed E-state index contributed by atoms with van der Waals surface area (Å²) >= 11 is 0. The summed E-state index contributed by atoms with van der Waals surface area (Å²) in [6.07, 6.45) is 7.50. The zero-order chi connectivity index (χ0) is 16.2. The standard InChI is InChI=1S/C17H27N3O3/c18-15(22)13-2-1-3-20(13)14(21)9-19-16-5-11-4-12(6-16)8-17(23,7-11)10-16/h11-13,19,23H,1-10H2,(H2,18,22)/t11?,12?,13-,16?,17?/m0/s1. The molecule has 4 bridgehead atoms. The maximum Gasteiger partial charge on any atom is 0.240 e. The van der Waals surface area contributed by atoms with Gasteiger partial charge in [0.05, 0.1) is 12.1 Å². The van der Waals surface area contributed by atoms with Crippen LogP contribution in [0.4, 0.5) is 0 Å². The van der Waals surface area contributed by atoms with Crippen molar-refractivity contribution in [1.82, 2.24) is 10.2 Å². The van der Waals surface area contributed by atoms with E-state index >= 15 is 0 Å². The van der Waals surface area contributed by atoms with Crippen molar-refractivity contribution in [2.75, 3.05) is 13.1 Å². The number of primary amides is 1. The fraction of sp³-hybridized carbons (Fsp3) is 0.882. The van der Waals surface area contributed by atoms with Crippen LogP contribution in [0.1, 0.15) is 51.4 Å². The highest BCUT2D eigenvalue weighted by atomic mass is 16.3. The number of carbonyl (C=O) groups is 2. The molecule has 6 heteroatoms. The lowest BCUT2D eigenvalue weighted by Crippen LogP contribution is -2.65. The maximum atomic E-state index is 12.5. The Kier molecular flexibility index (Phi) is 3.47. The van der Waals surface area contributed by atoms with E-state index in [1.54, 1.807) is 4.90 Å². The van der Waals surface area contributed by atoms with Crippen LogP contribution in [0.25, 0.3) is 0 Å². The van der Waals surface area contributed by atoms with Crippen LogP contribution in [0.3, 0.4) is 0 Å². The Balaban J connectivity index is 1.41. The van der Waals surface area contributed by atoms with Gasteiger partial charge >= 0.3 is 0 Å². The summed E-state index contributed by atoms with van der Waals surface area (Å²) < 4.78 is 0. The summed E-state index contributed by atoms with van der Waals surface area (Å²) in [5, 5.41) is 14.2. The van der Waals surface area contributed by atoms with Crippen molar-refractivity contribution in [3.8, 4) is 0 Å². The van der Waals surface area contributed by atoms with Crippen molar-refractivity contribution >= 4 is 11.8 Å². The van der Waals surface area contributed by atoms with Gasteiger partial charge in [0, 0.05) is 12.1 Å². The zero-order valence-electron chi connectivity index (χ0n) is 13.6. The summed E-state index contributed by atoms with van der Waals surface area (Å²) in [5.74, 6) is 0.747. The van der Waals surface area contributed by atoms with Crippen LogP contribution in [0.5, 0.6) is 0 Å². The molecule has 0 spiro atoms. The molecule has 5 aliphatic rings. The van der Waals surface area contributed by atoms with Crippen molar-refractivity contribution in [2.24, 2.45) is 17.6 Å². The number of aliphatic hydroxyl groups is 1. The number of nitrogens with zero attached hydrogens (tertiary/aromatic N) is 1. The van der Waals surface area contributed by atoms with Crippen molar-refractivity contribution in [2.45, 2.75) is 68.5 Å². The molecule has 1 saturated heterocycles. The normalized spacial score (nSPS) is 44.7. The van der Waals surface area contributed by atoms with E-state index in [-0.39, 0.29) is 18.0 Å². The van der Waals surface area contributed by atoms with Gasteiger partial charge in [-0.1, -0.05) is 0 Å². The molecule has 0 aromatic heterocycles. The number of nitrogens with one attached hydrogen (secondary N) is 1. The van der Waals surface area contributed by atoms with Crippen LogP contribution in [-0.2, 0) is 9.59 Å². The molecule has 1 aliphatic heterocycles. The monoisotopic (exact) mass is 321 g/mol. The molecule has 128 valence electrons. The van der Waals surface area contributed by atoms with Gasteiger partial charge in [-0.15, -0.1) is 0 Å². The van der Waals surface area contributed by atoms with Crippen molar-refractivity contribution < 1.29 is 14.7 Å². The van der Waals surface area contributed by atoms with E-state index in [0.29, 0.717) is 24.8 Å². The summed E-state index contributed by atoms with van der Waals surface area (Å²) in [5.41, 5.74) is 4.79. The third-order valence-corrected chi connectivity index (χ3v) is 6.55. The average molecular weight is 321 g/mol. The van der Waals surface area contributed by atoms with E-state index in [1.165, 1.54) is 6.42 Å². The molecule has 0 aromatic rings. The molecule has 5 fully saturated rings. The number of carbonyl (C=O) groups excluding carboxylic acids is 2. The molecule has 5 rings (SSSR count). The van der Waals surface area contributed by atoms with Crippen LogP contribution < -0.4 is 11.1 Å². The molecule has 4 aliphatic carbocycles. The highest BCUT2D eigenvalue weighted by molar-refractivity contribution is 5.88. The van der Waals surface area contributed by atoms with E-state index in [9.17, 15) is 14.7 Å². The van der Waals surface area contributed by atoms with E-state index in [4.69, 9.17) is 5.73 Å². The molecule has 0 radical (unpaired) electrons. The molecule has 2 amide bonds. The van der Waals surface area contributed by atoms with Crippen LogP contribution in [0.2, 0.25) is 0 Å². The minimum absolute atomic E-state index is 0.0333. The van der Waals surface area contributed by atoms with Gasteiger partial charge in [-0.25, -0.2) is 0 Å². The highest BCUT2D eigenvalue weighted by Crippen LogP contribution is 2.57. The van der Waals surface area contributed by atoms with Crippen LogP contribution in [-0.4, -0.2) is 52.1 Å². The molecular formula is C17H27N3O3. The molecule has 23 heavy (non-hydrogen) atoms. The number of rotatable bonds is 4. The second-order valence-corrected chi connectivity index (χ2v) is 8.47. The van der Waals surface area contributed by atoms with Crippen molar-refractivity contribution in [3.05, 3.63) is 0 Å². The first-order valence-electron chi connectivity index (χ1n) is 8.94. The van der Waals surface area contributed by atoms with Gasteiger partial charge in [0.25, 0.3) is 0 Å². The van der Waals surface area contributed by atoms with Crippen LogP contribution in [0, 0.1) is 11.8 Å². The van der Waals surface area contributed by atoms with Gasteiger partial charge in [0.2, 0.25) is 11.8 Å². The van der Waals surface area contributed by atoms with E-state index in [2.05, 4.69) is 5.32 Å². The van der Waals surface area contributed by atoms with E-state index in [0.717, 1.165) is 38.5 Å². The molecule has 4 N–H and O–H groups in total. The molecule has 2 unspecified atom stereocenters. The molecule has 0 aromatic carbocycles. The lowest BCUT2D eigenvalue weighted by Gasteiger charge is -2.60. The predicted octanol–water partition coefficient (Wildman–Crippen LogP) is 0.136. The summed E-state index contributed by atoms with van der Waals surface area (Å²) in [7, 11) is 0. The number of hydrogen-bond acceptors (Lipinski definition) is 4. The Labute approximate surface area is 136 Å². The molecule has 3 atom stereocenters. The lowest BCUT2D eigenvalue weighted by molar-refractivity contribution is -0.148. The smallest absolute Gasteiger partial charge is 0.240 e. The Morgan fingerprint density at radius 1 is 1.22 bits per heavy atom. The second kappa shape index (κ2) is 5.18. The van der Waals surface area contributed by atoms with Gasteiger partial charge in [-0.05, 0) is 63.2 Å². The average Bonchev–Trinajstić information content (AvgIpc) is 2.91. The molecule has 6 nitrogen and oxygen atoms in total. The van der Waals surface area contributed by atoms with Crippen molar-refractivity contribution in [1.29, 1.82) is 0 Å². The number of likely N-dealkylation sites (tertiary alicyclic amines) is 1. The maximum absolute atomic E-state index is 12.5. The van der Waals surface area contributed by atoms with Gasteiger partial charge in [0.15, 0.2) is 0 Å². The summed E-state index contributed by atoms with van der Waals surface area (Å²) in [4.78, 5) is 25.6. The van der Waals surface area contributed by atoms with Crippen LogP contribution >= 0.6 is 0 Å². The fourth-order valence-corrected chi connectivity index (χ4v) is 6.15. The Morgan fingerprint density at radius 3 is 2.52 bits per heavy atom. The summed E-state index contributed by atoms with van der Waals surface area (Å²) in [6.45, 7) is 0.871. The first kappa shape index (κ1) is 15.4. The van der Waals surface area contributed by atoms with Gasteiger partial charge in [-0.3, -0.25) is 9.59 Å². The van der Waals surface area contributed by atoms with E-state index in [1.807, 2.05) is 0 Å². The summed E-state index contributed by atoms with van der Waals surface area (Å²) in [6, 6.07) is -0.440. The first-order valence-corrected chi connectivity index (χ1v) is 8.94. The third-order valence-electron chi connectivity index (χ3n) is 6.55. The molecule has 4 saturated carbocycles. The number of nitrogens with two attached hydrogens (primary N) is 1.